The Balaban J connectivity index is 1.96. The molecular formula is C16H25BN2O2. The minimum absolute atomic E-state index is 0.297. The molecule has 0 bridgehead atoms. The molecule has 21 heavy (non-hydrogen) atoms. The van der Waals surface area contributed by atoms with Crippen LogP contribution in [0.3, 0.4) is 0 Å². The van der Waals surface area contributed by atoms with Crippen molar-refractivity contribution in [2.45, 2.75) is 52.2 Å². The smallest absolute Gasteiger partial charge is 0.400 e. The average Bonchev–Trinajstić information content (AvgIpc) is 2.63. The van der Waals surface area contributed by atoms with Crippen molar-refractivity contribution in [3.05, 3.63) is 29.9 Å². The highest BCUT2D eigenvalue weighted by molar-refractivity contribution is 6.52. The third-order valence-corrected chi connectivity index (χ3v) is 4.06. The quantitative estimate of drug-likeness (QED) is 0.841. The van der Waals surface area contributed by atoms with Gasteiger partial charge in [0.2, 0.25) is 0 Å². The van der Waals surface area contributed by atoms with Crippen LogP contribution in [-0.2, 0) is 9.31 Å². The van der Waals surface area contributed by atoms with E-state index in [9.17, 15) is 0 Å². The predicted octanol–water partition coefficient (Wildman–Crippen LogP) is 3.55. The Bertz CT molecular complexity index is 482. The van der Waals surface area contributed by atoms with E-state index in [4.69, 9.17) is 9.31 Å². The SMILES string of the molecule is CCCNc1ccc(/C=C/B2OC(C)(C)C(C)(C)O2)cn1. The van der Waals surface area contributed by atoms with Crippen molar-refractivity contribution in [1.29, 1.82) is 0 Å². The molecule has 0 radical (unpaired) electrons. The number of anilines is 1. The van der Waals surface area contributed by atoms with Crippen LogP contribution in [0.5, 0.6) is 0 Å². The first-order valence-electron chi connectivity index (χ1n) is 7.58. The third-order valence-electron chi connectivity index (χ3n) is 4.06. The second-order valence-corrected chi connectivity index (χ2v) is 6.39. The Labute approximate surface area is 128 Å². The summed E-state index contributed by atoms with van der Waals surface area (Å²) in [7, 11) is -0.312. The summed E-state index contributed by atoms with van der Waals surface area (Å²) in [5.41, 5.74) is 0.439. The van der Waals surface area contributed by atoms with Gasteiger partial charge in [0.1, 0.15) is 5.82 Å². The summed E-state index contributed by atoms with van der Waals surface area (Å²) in [6, 6.07) is 4.02. The van der Waals surface area contributed by atoms with E-state index in [-0.39, 0.29) is 18.3 Å². The third kappa shape index (κ3) is 3.86. The van der Waals surface area contributed by atoms with Gasteiger partial charge in [0.15, 0.2) is 0 Å². The highest BCUT2D eigenvalue weighted by atomic mass is 16.7. The number of hydrogen-bond acceptors (Lipinski definition) is 4. The van der Waals surface area contributed by atoms with E-state index in [1.807, 2.05) is 30.4 Å². The van der Waals surface area contributed by atoms with E-state index in [0.717, 1.165) is 24.3 Å². The largest absolute Gasteiger partial charge is 0.487 e. The molecule has 2 heterocycles. The molecule has 0 saturated carbocycles. The van der Waals surface area contributed by atoms with Gasteiger partial charge in [0, 0.05) is 12.7 Å². The number of pyridine rings is 1. The molecule has 114 valence electrons. The molecule has 0 aliphatic carbocycles. The average molecular weight is 288 g/mol. The van der Waals surface area contributed by atoms with Gasteiger partial charge in [0.05, 0.1) is 11.2 Å². The maximum atomic E-state index is 5.92. The molecule has 0 atom stereocenters. The van der Waals surface area contributed by atoms with Gasteiger partial charge in [-0.25, -0.2) is 4.98 Å². The topological polar surface area (TPSA) is 43.4 Å². The lowest BCUT2D eigenvalue weighted by Crippen LogP contribution is -2.41. The van der Waals surface area contributed by atoms with Crippen LogP contribution >= 0.6 is 0 Å². The summed E-state index contributed by atoms with van der Waals surface area (Å²) in [6.07, 6.45) is 4.92. The van der Waals surface area contributed by atoms with Gasteiger partial charge in [-0.2, -0.15) is 0 Å². The lowest BCUT2D eigenvalue weighted by Gasteiger charge is -2.32. The van der Waals surface area contributed by atoms with Gasteiger partial charge in [-0.05, 0) is 51.8 Å². The van der Waals surface area contributed by atoms with Crippen molar-refractivity contribution in [1.82, 2.24) is 4.98 Å². The zero-order valence-electron chi connectivity index (χ0n) is 13.6. The van der Waals surface area contributed by atoms with Crippen LogP contribution in [0.1, 0.15) is 46.6 Å². The number of nitrogens with one attached hydrogen (secondary N) is 1. The van der Waals surface area contributed by atoms with Gasteiger partial charge in [-0.1, -0.05) is 19.0 Å². The van der Waals surface area contributed by atoms with E-state index in [1.54, 1.807) is 0 Å². The summed E-state index contributed by atoms with van der Waals surface area (Å²) < 4.78 is 11.8. The van der Waals surface area contributed by atoms with Crippen LogP contribution in [0.4, 0.5) is 5.82 Å². The maximum Gasteiger partial charge on any atom is 0.487 e. The summed E-state index contributed by atoms with van der Waals surface area (Å²) in [5, 5.41) is 3.26. The van der Waals surface area contributed by atoms with Crippen molar-refractivity contribution in [2.75, 3.05) is 11.9 Å². The summed E-state index contributed by atoms with van der Waals surface area (Å²) in [6.45, 7) is 11.3. The molecule has 2 rings (SSSR count). The van der Waals surface area contributed by atoms with Crippen molar-refractivity contribution >= 4 is 19.0 Å². The highest BCUT2D eigenvalue weighted by Crippen LogP contribution is 2.36. The lowest BCUT2D eigenvalue weighted by molar-refractivity contribution is 0.00578. The van der Waals surface area contributed by atoms with E-state index >= 15 is 0 Å². The molecular weight excluding hydrogens is 263 g/mol. The second kappa shape index (κ2) is 6.20. The molecule has 0 unspecified atom stereocenters. The van der Waals surface area contributed by atoms with E-state index < -0.39 is 0 Å². The van der Waals surface area contributed by atoms with Crippen molar-refractivity contribution in [2.24, 2.45) is 0 Å². The molecule has 1 fully saturated rings. The van der Waals surface area contributed by atoms with Crippen LogP contribution in [0.15, 0.2) is 24.3 Å². The van der Waals surface area contributed by atoms with E-state index in [0.29, 0.717) is 0 Å². The van der Waals surface area contributed by atoms with E-state index in [1.165, 1.54) is 0 Å². The van der Waals surface area contributed by atoms with Gasteiger partial charge >= 0.3 is 7.12 Å². The fourth-order valence-corrected chi connectivity index (χ4v) is 2.02. The molecule has 1 aromatic rings. The normalized spacial score (nSPS) is 20.1. The molecule has 1 N–H and O–H groups in total. The van der Waals surface area contributed by atoms with Gasteiger partial charge in [0.25, 0.3) is 0 Å². The lowest BCUT2D eigenvalue weighted by atomic mass is 9.89. The maximum absolute atomic E-state index is 5.92. The van der Waals surface area contributed by atoms with Crippen molar-refractivity contribution in [3.63, 3.8) is 0 Å². The van der Waals surface area contributed by atoms with Crippen LogP contribution in [-0.4, -0.2) is 29.8 Å². The molecule has 0 amide bonds. The Morgan fingerprint density at radius 3 is 2.38 bits per heavy atom. The van der Waals surface area contributed by atoms with Crippen molar-refractivity contribution in [3.8, 4) is 0 Å². The molecule has 0 aromatic carbocycles. The van der Waals surface area contributed by atoms with E-state index in [2.05, 4.69) is 44.9 Å². The number of hydrogen-bond donors (Lipinski definition) is 1. The molecule has 0 spiro atoms. The Kier molecular flexibility index (Phi) is 4.74. The van der Waals surface area contributed by atoms with Crippen LogP contribution in [0.25, 0.3) is 6.08 Å². The summed E-state index contributed by atoms with van der Waals surface area (Å²) >= 11 is 0. The standard InChI is InChI=1S/C16H25BN2O2/c1-6-11-18-14-8-7-13(12-19-14)9-10-17-20-15(2,3)16(4,5)21-17/h7-10,12H,6,11H2,1-5H3,(H,18,19)/b10-9+. The number of aromatic nitrogens is 1. The first kappa shape index (κ1) is 16.1. The zero-order valence-corrected chi connectivity index (χ0v) is 13.6. The Morgan fingerprint density at radius 1 is 1.19 bits per heavy atom. The molecule has 1 saturated heterocycles. The molecule has 1 aliphatic rings. The zero-order chi connectivity index (χ0) is 15.5. The first-order chi connectivity index (χ1) is 9.84. The Hall–Kier alpha value is -1.33. The number of nitrogens with zero attached hydrogens (tertiary/aromatic N) is 1. The second-order valence-electron chi connectivity index (χ2n) is 6.39. The van der Waals surface area contributed by atoms with Gasteiger partial charge in [-0.15, -0.1) is 0 Å². The fourth-order valence-electron chi connectivity index (χ4n) is 2.02. The molecule has 4 nitrogen and oxygen atoms in total. The molecule has 5 heteroatoms. The van der Waals surface area contributed by atoms with Gasteiger partial charge in [-0.3, -0.25) is 0 Å². The first-order valence-corrected chi connectivity index (χ1v) is 7.58. The van der Waals surface area contributed by atoms with Crippen LogP contribution in [0, 0.1) is 0 Å². The molecule has 1 aromatic heterocycles. The van der Waals surface area contributed by atoms with Crippen molar-refractivity contribution < 1.29 is 9.31 Å². The van der Waals surface area contributed by atoms with Crippen LogP contribution < -0.4 is 5.32 Å². The van der Waals surface area contributed by atoms with Gasteiger partial charge < -0.3 is 14.6 Å². The summed E-state index contributed by atoms with van der Waals surface area (Å²) in [4.78, 5) is 4.37. The highest BCUT2D eigenvalue weighted by Gasteiger charge is 2.49. The van der Waals surface area contributed by atoms with Crippen LogP contribution in [0.2, 0.25) is 0 Å². The Morgan fingerprint density at radius 2 is 1.86 bits per heavy atom. The summed E-state index contributed by atoms with van der Waals surface area (Å²) in [5.74, 6) is 2.84. The minimum Gasteiger partial charge on any atom is -0.400 e. The molecule has 1 aliphatic heterocycles. The monoisotopic (exact) mass is 288 g/mol. The fraction of sp³-hybridized carbons (Fsp3) is 0.562. The predicted molar refractivity (Wildman–Crippen MR) is 88.1 cm³/mol. The minimum atomic E-state index is -0.312. The number of rotatable bonds is 5.